The average molecular weight is 311 g/mol. The van der Waals surface area contributed by atoms with E-state index in [1.807, 2.05) is 25.1 Å². The number of aromatic nitrogens is 1. The maximum atomic E-state index is 12.6. The predicted octanol–water partition coefficient (Wildman–Crippen LogP) is 3.26. The van der Waals surface area contributed by atoms with E-state index >= 15 is 0 Å². The Bertz CT molecular complexity index is 699. The van der Waals surface area contributed by atoms with Gasteiger partial charge in [0.15, 0.2) is 0 Å². The molecule has 2 rings (SSSR count). The number of hydrogen-bond donors (Lipinski definition) is 0. The predicted molar refractivity (Wildman–Crippen MR) is 80.6 cm³/mol. The first kappa shape index (κ1) is 14.8. The van der Waals surface area contributed by atoms with E-state index in [-0.39, 0.29) is 10.0 Å². The van der Waals surface area contributed by atoms with Crippen molar-refractivity contribution in [2.75, 3.05) is 10.8 Å². The van der Waals surface area contributed by atoms with Gasteiger partial charge in [-0.15, -0.1) is 0 Å². The van der Waals surface area contributed by atoms with E-state index in [1.165, 1.54) is 22.6 Å². The van der Waals surface area contributed by atoms with Crippen LogP contribution in [0.1, 0.15) is 12.5 Å². The van der Waals surface area contributed by atoms with Gasteiger partial charge >= 0.3 is 0 Å². The molecule has 6 heteroatoms. The van der Waals surface area contributed by atoms with E-state index < -0.39 is 10.0 Å². The van der Waals surface area contributed by atoms with Crippen molar-refractivity contribution in [1.29, 1.82) is 0 Å². The van der Waals surface area contributed by atoms with Crippen LogP contribution >= 0.6 is 11.6 Å². The molecule has 0 bridgehead atoms. The van der Waals surface area contributed by atoms with Crippen LogP contribution in [0.15, 0.2) is 47.5 Å². The zero-order valence-corrected chi connectivity index (χ0v) is 12.8. The molecule has 106 valence electrons. The van der Waals surface area contributed by atoms with Crippen molar-refractivity contribution in [3.8, 4) is 0 Å². The lowest BCUT2D eigenvalue weighted by Gasteiger charge is -2.23. The Kier molecular flexibility index (Phi) is 4.30. The summed E-state index contributed by atoms with van der Waals surface area (Å²) in [6, 6.07) is 10.3. The van der Waals surface area contributed by atoms with E-state index in [2.05, 4.69) is 4.98 Å². The summed E-state index contributed by atoms with van der Waals surface area (Å²) in [5, 5.41) is 0.266. The zero-order valence-electron chi connectivity index (χ0n) is 11.2. The number of pyridine rings is 1. The Morgan fingerprint density at radius 2 is 2.00 bits per heavy atom. The topological polar surface area (TPSA) is 50.3 Å². The first-order valence-corrected chi connectivity index (χ1v) is 7.98. The highest BCUT2D eigenvalue weighted by Crippen LogP contribution is 2.24. The van der Waals surface area contributed by atoms with Crippen LogP contribution < -0.4 is 4.31 Å². The zero-order chi connectivity index (χ0) is 14.8. The third kappa shape index (κ3) is 2.94. The Hall–Kier alpha value is -1.59. The highest BCUT2D eigenvalue weighted by molar-refractivity contribution is 7.92. The van der Waals surface area contributed by atoms with Gasteiger partial charge in [-0.05, 0) is 43.7 Å². The SMILES string of the molecule is CCN(c1cccc(C)c1)S(=O)(=O)c1ccc(Cl)nc1. The van der Waals surface area contributed by atoms with Crippen molar-refractivity contribution in [2.24, 2.45) is 0 Å². The van der Waals surface area contributed by atoms with Crippen LogP contribution in [-0.4, -0.2) is 19.9 Å². The number of anilines is 1. The molecule has 0 fully saturated rings. The fraction of sp³-hybridized carbons (Fsp3) is 0.214. The van der Waals surface area contributed by atoms with Crippen LogP contribution in [0.2, 0.25) is 5.15 Å². The second kappa shape index (κ2) is 5.81. The minimum atomic E-state index is -3.63. The molecule has 0 aliphatic carbocycles. The van der Waals surface area contributed by atoms with Gasteiger partial charge in [0.05, 0.1) is 5.69 Å². The Morgan fingerprint density at radius 1 is 1.25 bits per heavy atom. The summed E-state index contributed by atoms with van der Waals surface area (Å²) in [4.78, 5) is 3.96. The number of nitrogens with zero attached hydrogens (tertiary/aromatic N) is 2. The molecular formula is C14H15ClN2O2S. The average Bonchev–Trinajstić information content (AvgIpc) is 2.40. The summed E-state index contributed by atoms with van der Waals surface area (Å²) >= 11 is 5.69. The number of benzene rings is 1. The summed E-state index contributed by atoms with van der Waals surface area (Å²) < 4.78 is 26.6. The van der Waals surface area contributed by atoms with Gasteiger partial charge in [-0.3, -0.25) is 4.31 Å². The van der Waals surface area contributed by atoms with Gasteiger partial charge < -0.3 is 0 Å². The smallest absolute Gasteiger partial charge is 0.265 e. The van der Waals surface area contributed by atoms with Gasteiger partial charge in [0.2, 0.25) is 0 Å². The number of hydrogen-bond acceptors (Lipinski definition) is 3. The molecule has 0 saturated carbocycles. The lowest BCUT2D eigenvalue weighted by atomic mass is 10.2. The van der Waals surface area contributed by atoms with Crippen LogP contribution in [0.4, 0.5) is 5.69 Å². The molecule has 0 unspecified atom stereocenters. The van der Waals surface area contributed by atoms with Crippen LogP contribution in [0.25, 0.3) is 0 Å². The van der Waals surface area contributed by atoms with Crippen LogP contribution in [0.5, 0.6) is 0 Å². The molecule has 0 amide bonds. The summed E-state index contributed by atoms with van der Waals surface area (Å²) in [6.07, 6.45) is 1.27. The Labute approximate surface area is 124 Å². The van der Waals surface area contributed by atoms with Crippen molar-refractivity contribution in [3.05, 3.63) is 53.3 Å². The highest BCUT2D eigenvalue weighted by atomic mass is 35.5. The maximum absolute atomic E-state index is 12.6. The number of aryl methyl sites for hydroxylation is 1. The lowest BCUT2D eigenvalue weighted by Crippen LogP contribution is -2.30. The minimum absolute atomic E-state index is 0.130. The summed E-state index contributed by atoms with van der Waals surface area (Å²) in [5.41, 5.74) is 1.65. The summed E-state index contributed by atoms with van der Waals surface area (Å²) in [5.74, 6) is 0. The van der Waals surface area contributed by atoms with Gasteiger partial charge in [-0.1, -0.05) is 23.7 Å². The number of rotatable bonds is 4. The number of sulfonamides is 1. The monoisotopic (exact) mass is 310 g/mol. The standard InChI is InChI=1S/C14H15ClN2O2S/c1-3-17(12-6-4-5-11(2)9-12)20(18,19)13-7-8-14(15)16-10-13/h4-10H,3H2,1-2H3. The Morgan fingerprint density at radius 3 is 2.55 bits per heavy atom. The van der Waals surface area contributed by atoms with Gasteiger partial charge in [-0.25, -0.2) is 13.4 Å². The minimum Gasteiger partial charge on any atom is -0.267 e. The van der Waals surface area contributed by atoms with Gasteiger partial charge in [0.1, 0.15) is 10.0 Å². The van der Waals surface area contributed by atoms with Crippen LogP contribution in [0.3, 0.4) is 0 Å². The molecule has 1 aromatic carbocycles. The molecule has 0 spiro atoms. The van der Waals surface area contributed by atoms with Crippen molar-refractivity contribution in [2.45, 2.75) is 18.7 Å². The van der Waals surface area contributed by atoms with E-state index in [9.17, 15) is 8.42 Å². The number of halogens is 1. The molecule has 2 aromatic rings. The molecule has 0 atom stereocenters. The van der Waals surface area contributed by atoms with Crippen molar-refractivity contribution >= 4 is 27.3 Å². The molecular weight excluding hydrogens is 296 g/mol. The van der Waals surface area contributed by atoms with E-state index in [4.69, 9.17) is 11.6 Å². The maximum Gasteiger partial charge on any atom is 0.265 e. The summed E-state index contributed by atoms with van der Waals surface area (Å²) in [7, 11) is -3.63. The molecule has 0 radical (unpaired) electrons. The van der Waals surface area contributed by atoms with E-state index in [1.54, 1.807) is 13.0 Å². The third-order valence-electron chi connectivity index (χ3n) is 2.87. The first-order valence-electron chi connectivity index (χ1n) is 6.16. The molecule has 0 aliphatic rings. The molecule has 0 aliphatic heterocycles. The van der Waals surface area contributed by atoms with Crippen molar-refractivity contribution in [1.82, 2.24) is 4.98 Å². The fourth-order valence-corrected chi connectivity index (χ4v) is 3.44. The molecule has 0 saturated heterocycles. The van der Waals surface area contributed by atoms with Gasteiger partial charge in [-0.2, -0.15) is 0 Å². The first-order chi connectivity index (χ1) is 9.45. The molecule has 1 aromatic heterocycles. The van der Waals surface area contributed by atoms with Crippen molar-refractivity contribution < 1.29 is 8.42 Å². The van der Waals surface area contributed by atoms with Crippen molar-refractivity contribution in [3.63, 3.8) is 0 Å². The second-order valence-electron chi connectivity index (χ2n) is 4.33. The third-order valence-corrected chi connectivity index (χ3v) is 4.98. The highest BCUT2D eigenvalue weighted by Gasteiger charge is 2.23. The van der Waals surface area contributed by atoms with Crippen LogP contribution in [0, 0.1) is 6.92 Å². The lowest BCUT2D eigenvalue weighted by molar-refractivity contribution is 0.591. The fourth-order valence-electron chi connectivity index (χ4n) is 1.92. The van der Waals surface area contributed by atoms with E-state index in [0.29, 0.717) is 12.2 Å². The molecule has 4 nitrogen and oxygen atoms in total. The second-order valence-corrected chi connectivity index (χ2v) is 6.57. The largest absolute Gasteiger partial charge is 0.267 e. The normalized spacial score (nSPS) is 11.3. The molecule has 0 N–H and O–H groups in total. The van der Waals surface area contributed by atoms with E-state index in [0.717, 1.165) is 5.56 Å². The summed E-state index contributed by atoms with van der Waals surface area (Å²) in [6.45, 7) is 4.06. The van der Waals surface area contributed by atoms with Crippen LogP contribution in [-0.2, 0) is 10.0 Å². The molecule has 1 heterocycles. The molecule has 20 heavy (non-hydrogen) atoms. The Balaban J connectivity index is 2.47. The van der Waals surface area contributed by atoms with Gasteiger partial charge in [0, 0.05) is 12.7 Å². The van der Waals surface area contributed by atoms with Gasteiger partial charge in [0.25, 0.3) is 10.0 Å². The quantitative estimate of drug-likeness (QED) is 0.814.